The lowest BCUT2D eigenvalue weighted by atomic mass is 9.99. The minimum atomic E-state index is -3.69. The van der Waals surface area contributed by atoms with Crippen molar-refractivity contribution in [2.75, 3.05) is 11.3 Å². The molecule has 0 radical (unpaired) electrons. The van der Waals surface area contributed by atoms with Gasteiger partial charge in [0.05, 0.1) is 4.90 Å². The lowest BCUT2D eigenvalue weighted by molar-refractivity contribution is -0.129. The van der Waals surface area contributed by atoms with Gasteiger partial charge in [-0.2, -0.15) is 0 Å². The summed E-state index contributed by atoms with van der Waals surface area (Å²) in [7, 11) is -3.69. The summed E-state index contributed by atoms with van der Waals surface area (Å²) in [5.74, 6) is 0.0304. The Morgan fingerprint density at radius 2 is 1.74 bits per heavy atom. The van der Waals surface area contributed by atoms with E-state index < -0.39 is 10.0 Å². The third-order valence-electron chi connectivity index (χ3n) is 4.95. The molecule has 0 unspecified atom stereocenters. The molecule has 5 nitrogen and oxygen atoms in total. The number of sulfonamides is 1. The molecular weight excluding hydrogens is 360 g/mol. The number of amides is 1. The molecule has 1 amide bonds. The van der Waals surface area contributed by atoms with Crippen molar-refractivity contribution in [2.24, 2.45) is 0 Å². The number of benzene rings is 3. The van der Waals surface area contributed by atoms with Crippen molar-refractivity contribution in [3.63, 3.8) is 0 Å². The second kappa shape index (κ2) is 6.70. The van der Waals surface area contributed by atoms with Crippen molar-refractivity contribution in [3.05, 3.63) is 71.8 Å². The average molecular weight is 380 g/mol. The number of hydrogen-bond donors (Lipinski definition) is 1. The molecule has 3 aromatic rings. The zero-order chi connectivity index (χ0) is 19.0. The van der Waals surface area contributed by atoms with Gasteiger partial charge in [0, 0.05) is 25.7 Å². The van der Waals surface area contributed by atoms with Crippen LogP contribution in [-0.4, -0.2) is 25.8 Å². The zero-order valence-corrected chi connectivity index (χ0v) is 15.8. The number of carbonyl (C=O) groups is 1. The number of rotatable bonds is 3. The Morgan fingerprint density at radius 1 is 0.963 bits per heavy atom. The summed E-state index contributed by atoms with van der Waals surface area (Å²) in [4.78, 5) is 13.6. The number of carbonyl (C=O) groups excluding carboxylic acids is 1. The van der Waals surface area contributed by atoms with Gasteiger partial charge in [0.1, 0.15) is 0 Å². The van der Waals surface area contributed by atoms with Gasteiger partial charge in [-0.15, -0.1) is 0 Å². The Bertz CT molecular complexity index is 1140. The molecule has 0 fully saturated rings. The van der Waals surface area contributed by atoms with Crippen LogP contribution >= 0.6 is 0 Å². The Balaban J connectivity index is 1.62. The molecule has 1 aliphatic rings. The first kappa shape index (κ1) is 17.5. The second-order valence-corrected chi connectivity index (χ2v) is 8.47. The molecule has 0 saturated carbocycles. The summed E-state index contributed by atoms with van der Waals surface area (Å²) in [6.07, 6.45) is 0.784. The van der Waals surface area contributed by atoms with E-state index in [-0.39, 0.29) is 10.8 Å². The predicted octanol–water partition coefficient (Wildman–Crippen LogP) is 3.55. The highest BCUT2D eigenvalue weighted by Crippen LogP contribution is 2.25. The molecule has 0 atom stereocenters. The Kier molecular flexibility index (Phi) is 4.36. The molecule has 3 aromatic carbocycles. The van der Waals surface area contributed by atoms with E-state index in [1.807, 2.05) is 42.5 Å². The first-order valence-electron chi connectivity index (χ1n) is 8.81. The molecule has 1 N–H and O–H groups in total. The van der Waals surface area contributed by atoms with E-state index in [9.17, 15) is 13.2 Å². The van der Waals surface area contributed by atoms with Crippen molar-refractivity contribution in [3.8, 4) is 0 Å². The van der Waals surface area contributed by atoms with Crippen LogP contribution in [0.1, 0.15) is 18.1 Å². The van der Waals surface area contributed by atoms with Gasteiger partial charge in [0.2, 0.25) is 5.91 Å². The fourth-order valence-electron chi connectivity index (χ4n) is 3.44. The normalized spacial score (nSPS) is 14.0. The number of nitrogens with zero attached hydrogens (tertiary/aromatic N) is 1. The maximum Gasteiger partial charge on any atom is 0.261 e. The fraction of sp³-hybridized carbons (Fsp3) is 0.190. The molecular formula is C21H20N2O3S. The highest BCUT2D eigenvalue weighted by atomic mass is 32.2. The van der Waals surface area contributed by atoms with E-state index in [0.29, 0.717) is 18.8 Å². The molecule has 0 aliphatic carbocycles. The van der Waals surface area contributed by atoms with Crippen LogP contribution in [0.2, 0.25) is 0 Å². The summed E-state index contributed by atoms with van der Waals surface area (Å²) >= 11 is 0. The van der Waals surface area contributed by atoms with Gasteiger partial charge >= 0.3 is 0 Å². The highest BCUT2D eigenvalue weighted by Gasteiger charge is 2.20. The van der Waals surface area contributed by atoms with Crippen LogP contribution in [-0.2, 0) is 27.8 Å². The standard InChI is InChI=1S/C21H20N2O3S/c1-15(24)23-11-10-17-6-8-20(12-19(17)14-23)22-27(25,26)21-9-7-16-4-2-3-5-18(16)13-21/h2-9,12-13,22H,10-11,14H2,1H3. The summed E-state index contributed by atoms with van der Waals surface area (Å²) in [5, 5.41) is 1.87. The van der Waals surface area contributed by atoms with Gasteiger partial charge in [0.15, 0.2) is 0 Å². The minimum absolute atomic E-state index is 0.0304. The maximum absolute atomic E-state index is 12.8. The number of anilines is 1. The Labute approximate surface area is 158 Å². The van der Waals surface area contributed by atoms with Crippen LogP contribution < -0.4 is 4.72 Å². The monoisotopic (exact) mass is 380 g/mol. The third kappa shape index (κ3) is 3.53. The molecule has 138 valence electrons. The average Bonchev–Trinajstić information content (AvgIpc) is 2.66. The molecule has 4 rings (SSSR count). The largest absolute Gasteiger partial charge is 0.338 e. The van der Waals surface area contributed by atoms with Gasteiger partial charge in [-0.1, -0.05) is 36.4 Å². The number of fused-ring (bicyclic) bond motifs is 2. The third-order valence-corrected chi connectivity index (χ3v) is 6.33. The van der Waals surface area contributed by atoms with E-state index >= 15 is 0 Å². The highest BCUT2D eigenvalue weighted by molar-refractivity contribution is 7.92. The van der Waals surface area contributed by atoms with Gasteiger partial charge in [-0.05, 0) is 52.6 Å². The van der Waals surface area contributed by atoms with Crippen molar-refractivity contribution in [1.29, 1.82) is 0 Å². The lowest BCUT2D eigenvalue weighted by Crippen LogP contribution is -2.34. The van der Waals surface area contributed by atoms with E-state index in [1.165, 1.54) is 0 Å². The van der Waals surface area contributed by atoms with E-state index in [1.54, 1.807) is 30.0 Å². The van der Waals surface area contributed by atoms with E-state index in [0.717, 1.165) is 28.3 Å². The zero-order valence-electron chi connectivity index (χ0n) is 15.0. The van der Waals surface area contributed by atoms with Crippen LogP contribution in [0.3, 0.4) is 0 Å². The maximum atomic E-state index is 12.8. The minimum Gasteiger partial charge on any atom is -0.338 e. The SMILES string of the molecule is CC(=O)N1CCc2ccc(NS(=O)(=O)c3ccc4ccccc4c3)cc2C1. The van der Waals surface area contributed by atoms with Crippen LogP contribution in [0, 0.1) is 0 Å². The fourth-order valence-corrected chi connectivity index (χ4v) is 4.52. The quantitative estimate of drug-likeness (QED) is 0.756. The van der Waals surface area contributed by atoms with E-state index in [2.05, 4.69) is 4.72 Å². The summed E-state index contributed by atoms with van der Waals surface area (Å²) in [5.41, 5.74) is 2.64. The first-order valence-corrected chi connectivity index (χ1v) is 10.3. The van der Waals surface area contributed by atoms with E-state index in [4.69, 9.17) is 0 Å². The van der Waals surface area contributed by atoms with Crippen LogP contribution in [0.4, 0.5) is 5.69 Å². The Hall–Kier alpha value is -2.86. The van der Waals surface area contributed by atoms with Crippen LogP contribution in [0.25, 0.3) is 10.8 Å². The molecule has 0 aromatic heterocycles. The predicted molar refractivity (Wildman–Crippen MR) is 106 cm³/mol. The van der Waals surface area contributed by atoms with Gasteiger partial charge in [-0.3, -0.25) is 9.52 Å². The van der Waals surface area contributed by atoms with Crippen molar-refractivity contribution < 1.29 is 13.2 Å². The molecule has 0 spiro atoms. The Morgan fingerprint density at radius 3 is 2.52 bits per heavy atom. The summed E-state index contributed by atoms with van der Waals surface area (Å²) in [6.45, 7) is 2.76. The number of hydrogen-bond acceptors (Lipinski definition) is 3. The summed E-state index contributed by atoms with van der Waals surface area (Å²) in [6, 6.07) is 18.3. The van der Waals surface area contributed by atoms with Gasteiger partial charge < -0.3 is 4.90 Å². The molecule has 27 heavy (non-hydrogen) atoms. The van der Waals surface area contributed by atoms with Crippen molar-refractivity contribution in [2.45, 2.75) is 24.8 Å². The molecule has 1 aliphatic heterocycles. The van der Waals surface area contributed by atoms with Gasteiger partial charge in [-0.25, -0.2) is 8.42 Å². The molecule has 0 bridgehead atoms. The topological polar surface area (TPSA) is 66.5 Å². The second-order valence-electron chi connectivity index (χ2n) is 6.79. The van der Waals surface area contributed by atoms with Crippen LogP contribution in [0.5, 0.6) is 0 Å². The van der Waals surface area contributed by atoms with Crippen LogP contribution in [0.15, 0.2) is 65.6 Å². The molecule has 6 heteroatoms. The van der Waals surface area contributed by atoms with Gasteiger partial charge in [0.25, 0.3) is 10.0 Å². The lowest BCUT2D eigenvalue weighted by Gasteiger charge is -2.28. The summed E-state index contributed by atoms with van der Waals surface area (Å²) < 4.78 is 28.3. The number of nitrogens with one attached hydrogen (secondary N) is 1. The van der Waals surface area contributed by atoms with Crippen molar-refractivity contribution in [1.82, 2.24) is 4.90 Å². The molecule has 0 saturated heterocycles. The first-order chi connectivity index (χ1) is 12.9. The van der Waals surface area contributed by atoms with Crippen molar-refractivity contribution >= 4 is 32.4 Å². The smallest absolute Gasteiger partial charge is 0.261 e. The molecule has 1 heterocycles.